The Morgan fingerprint density at radius 3 is 2.53 bits per heavy atom. The molecule has 2 aromatic carbocycles. The maximum atomic E-state index is 12.6. The summed E-state index contributed by atoms with van der Waals surface area (Å²) < 4.78 is 37.6. The van der Waals surface area contributed by atoms with Gasteiger partial charge in [0.1, 0.15) is 16.4 Å². The van der Waals surface area contributed by atoms with Gasteiger partial charge < -0.3 is 26.6 Å². The van der Waals surface area contributed by atoms with E-state index in [1.165, 1.54) is 7.11 Å². The van der Waals surface area contributed by atoms with Crippen LogP contribution in [0.4, 0.5) is 0 Å². The van der Waals surface area contributed by atoms with Crippen molar-refractivity contribution in [2.75, 3.05) is 13.7 Å². The Hall–Kier alpha value is -2.86. The Balaban J connectivity index is 2.24. The third-order valence-corrected chi connectivity index (χ3v) is 5.84. The summed E-state index contributed by atoms with van der Waals surface area (Å²) in [7, 11) is -3.30. The number of rotatable bonds is 10. The van der Waals surface area contributed by atoms with Crippen molar-refractivity contribution in [3.05, 3.63) is 52.5 Å². The summed E-state index contributed by atoms with van der Waals surface area (Å²) >= 11 is 5.91. The number of phenols is 1. The lowest BCUT2D eigenvalue weighted by atomic mass is 9.87. The molecular formula is C20H24ClN3O7S. The molecule has 0 heterocycles. The van der Waals surface area contributed by atoms with Crippen LogP contribution in [-0.4, -0.2) is 49.6 Å². The van der Waals surface area contributed by atoms with Gasteiger partial charge in [0.05, 0.1) is 13.2 Å². The van der Waals surface area contributed by atoms with Gasteiger partial charge in [-0.25, -0.2) is 0 Å². The lowest BCUT2D eigenvalue weighted by Crippen LogP contribution is -2.46. The van der Waals surface area contributed by atoms with Crippen LogP contribution in [0.5, 0.6) is 11.5 Å². The molecule has 0 spiro atoms. The zero-order valence-electron chi connectivity index (χ0n) is 17.1. The third kappa shape index (κ3) is 6.57. The first kappa shape index (κ1) is 25.4. The number of hydrogen-bond donors (Lipinski definition) is 5. The van der Waals surface area contributed by atoms with Crippen molar-refractivity contribution in [3.63, 3.8) is 0 Å². The van der Waals surface area contributed by atoms with Crippen LogP contribution in [-0.2, 0) is 26.1 Å². The van der Waals surface area contributed by atoms with Crippen LogP contribution in [0.2, 0.25) is 5.02 Å². The zero-order valence-corrected chi connectivity index (χ0v) is 18.7. The monoisotopic (exact) mass is 485 g/mol. The van der Waals surface area contributed by atoms with E-state index in [4.69, 9.17) is 27.8 Å². The minimum absolute atomic E-state index is 0.162. The number of benzene rings is 2. The summed E-state index contributed by atoms with van der Waals surface area (Å²) in [4.78, 5) is 23.3. The summed E-state index contributed by atoms with van der Waals surface area (Å²) in [5.41, 5.74) is 12.0. The van der Waals surface area contributed by atoms with E-state index in [0.29, 0.717) is 12.2 Å². The van der Waals surface area contributed by atoms with Crippen molar-refractivity contribution in [3.8, 4) is 11.5 Å². The van der Waals surface area contributed by atoms with E-state index in [1.807, 2.05) is 12.1 Å². The molecule has 0 radical (unpaired) electrons. The van der Waals surface area contributed by atoms with Crippen LogP contribution < -0.4 is 21.5 Å². The van der Waals surface area contributed by atoms with Gasteiger partial charge in [-0.3, -0.25) is 14.1 Å². The minimum atomic E-state index is -4.84. The van der Waals surface area contributed by atoms with E-state index >= 15 is 0 Å². The molecule has 0 aliphatic heterocycles. The number of nitrogens with one attached hydrogen (secondary N) is 1. The predicted octanol–water partition coefficient (Wildman–Crippen LogP) is 0.946. The molecule has 7 N–H and O–H groups in total. The van der Waals surface area contributed by atoms with Gasteiger partial charge >= 0.3 is 0 Å². The lowest BCUT2D eigenvalue weighted by molar-refractivity contribution is -0.123. The van der Waals surface area contributed by atoms with E-state index in [9.17, 15) is 27.7 Å². The smallest absolute Gasteiger partial charge is 0.298 e. The number of aromatic hydroxyl groups is 1. The van der Waals surface area contributed by atoms with Gasteiger partial charge in [0.2, 0.25) is 11.8 Å². The highest BCUT2D eigenvalue weighted by molar-refractivity contribution is 7.86. The van der Waals surface area contributed by atoms with E-state index < -0.39 is 51.0 Å². The summed E-state index contributed by atoms with van der Waals surface area (Å²) in [6.07, 6.45) is -0.0191. The second kappa shape index (κ2) is 10.6. The number of primary amides is 1. The van der Waals surface area contributed by atoms with Crippen molar-refractivity contribution < 1.29 is 32.4 Å². The van der Waals surface area contributed by atoms with Crippen LogP contribution in [0.1, 0.15) is 23.5 Å². The van der Waals surface area contributed by atoms with Gasteiger partial charge in [-0.1, -0.05) is 23.7 Å². The number of amides is 2. The standard InChI is InChI=1S/C20H24ClN3O7S/c1-31-13-4-2-3-11(7-13)5-6-24-20(27)18(23)14(10-17(22)25)15-8-12(21)9-16(19(15)26)32(28,29)30/h2-4,7-9,14,18,26H,5-6,10,23H2,1H3,(H2,22,25)(H,24,27)(H,28,29,30)/t14?,18-/m0/s1. The van der Waals surface area contributed by atoms with Gasteiger partial charge in [0.25, 0.3) is 10.1 Å². The Morgan fingerprint density at radius 2 is 1.94 bits per heavy atom. The topological polar surface area (TPSA) is 182 Å². The van der Waals surface area contributed by atoms with E-state index in [-0.39, 0.29) is 17.1 Å². The van der Waals surface area contributed by atoms with Crippen molar-refractivity contribution in [1.29, 1.82) is 0 Å². The molecule has 0 bridgehead atoms. The molecule has 0 fully saturated rings. The van der Waals surface area contributed by atoms with Gasteiger partial charge in [-0.05, 0) is 36.2 Å². The molecule has 0 saturated heterocycles. The minimum Gasteiger partial charge on any atom is -0.506 e. The second-order valence-electron chi connectivity index (χ2n) is 7.01. The highest BCUT2D eigenvalue weighted by atomic mass is 35.5. The molecule has 1 unspecified atom stereocenters. The van der Waals surface area contributed by atoms with Gasteiger partial charge in [0.15, 0.2) is 0 Å². The first-order chi connectivity index (χ1) is 14.9. The number of methoxy groups -OCH3 is 1. The molecule has 10 nitrogen and oxygen atoms in total. The Bertz CT molecular complexity index is 1110. The average Bonchev–Trinajstić information content (AvgIpc) is 2.72. The molecule has 0 saturated carbocycles. The lowest BCUT2D eigenvalue weighted by Gasteiger charge is -2.24. The molecule has 2 aromatic rings. The highest BCUT2D eigenvalue weighted by Gasteiger charge is 2.32. The molecule has 2 rings (SSSR count). The summed E-state index contributed by atoms with van der Waals surface area (Å²) in [5, 5.41) is 12.9. The molecule has 2 amide bonds. The van der Waals surface area contributed by atoms with Crippen molar-refractivity contribution in [1.82, 2.24) is 5.32 Å². The van der Waals surface area contributed by atoms with Gasteiger partial charge in [0, 0.05) is 29.5 Å². The number of ether oxygens (including phenoxy) is 1. The first-order valence-corrected chi connectivity index (χ1v) is 11.2. The van der Waals surface area contributed by atoms with Crippen LogP contribution in [0.25, 0.3) is 0 Å². The SMILES string of the molecule is COc1cccc(CCNC(=O)[C@@H](N)C(CC(N)=O)c2cc(Cl)cc(S(=O)(=O)O)c2O)c1. The van der Waals surface area contributed by atoms with Crippen molar-refractivity contribution >= 4 is 33.5 Å². The fraction of sp³-hybridized carbons (Fsp3) is 0.300. The predicted molar refractivity (Wildman–Crippen MR) is 117 cm³/mol. The number of carbonyl (C=O) groups is 2. The Morgan fingerprint density at radius 1 is 1.25 bits per heavy atom. The molecule has 2 atom stereocenters. The molecule has 0 aliphatic rings. The number of carbonyl (C=O) groups excluding carboxylic acids is 2. The maximum Gasteiger partial charge on any atom is 0.298 e. The second-order valence-corrected chi connectivity index (χ2v) is 8.84. The van der Waals surface area contributed by atoms with Crippen molar-refractivity contribution in [2.24, 2.45) is 11.5 Å². The van der Waals surface area contributed by atoms with Crippen LogP contribution in [0.3, 0.4) is 0 Å². The van der Waals surface area contributed by atoms with E-state index in [1.54, 1.807) is 12.1 Å². The third-order valence-electron chi connectivity index (χ3n) is 4.75. The van der Waals surface area contributed by atoms with Crippen molar-refractivity contribution in [2.45, 2.75) is 29.7 Å². The van der Waals surface area contributed by atoms with Crippen LogP contribution in [0.15, 0.2) is 41.3 Å². The van der Waals surface area contributed by atoms with Crippen LogP contribution in [0, 0.1) is 0 Å². The van der Waals surface area contributed by atoms with E-state index in [0.717, 1.165) is 17.7 Å². The average molecular weight is 486 g/mol. The van der Waals surface area contributed by atoms with E-state index in [2.05, 4.69) is 5.32 Å². The Labute approximate surface area is 190 Å². The molecule has 32 heavy (non-hydrogen) atoms. The number of hydrogen-bond acceptors (Lipinski definition) is 7. The number of nitrogens with two attached hydrogens (primary N) is 2. The normalized spacial score (nSPS) is 13.2. The van der Waals surface area contributed by atoms with Gasteiger partial charge in [-0.15, -0.1) is 0 Å². The molecule has 174 valence electrons. The zero-order chi connectivity index (χ0) is 24.1. The number of phenolic OH excluding ortho intramolecular Hbond substituents is 1. The number of halogens is 1. The summed E-state index contributed by atoms with van der Waals surface area (Å²) in [6.45, 7) is 0.209. The molecular weight excluding hydrogens is 462 g/mol. The van der Waals surface area contributed by atoms with Crippen LogP contribution >= 0.6 is 11.6 Å². The fourth-order valence-electron chi connectivity index (χ4n) is 3.18. The largest absolute Gasteiger partial charge is 0.506 e. The van der Waals surface area contributed by atoms with Gasteiger partial charge in [-0.2, -0.15) is 8.42 Å². The summed E-state index contributed by atoms with van der Waals surface area (Å²) in [5.74, 6) is -2.92. The summed E-state index contributed by atoms with van der Waals surface area (Å²) in [6, 6.07) is 7.85. The Kier molecular flexibility index (Phi) is 8.44. The highest BCUT2D eigenvalue weighted by Crippen LogP contribution is 2.37. The fourth-order valence-corrected chi connectivity index (χ4v) is 4.11. The molecule has 12 heteroatoms. The maximum absolute atomic E-state index is 12.6. The molecule has 0 aliphatic carbocycles. The quantitative estimate of drug-likeness (QED) is 0.308. The molecule has 0 aromatic heterocycles. The first-order valence-electron chi connectivity index (χ1n) is 9.38.